The Morgan fingerprint density at radius 3 is 2.84 bits per heavy atom. The summed E-state index contributed by atoms with van der Waals surface area (Å²) in [5.74, 6) is 1.32. The molecule has 2 aromatic heterocycles. The molecule has 37 heavy (non-hydrogen) atoms. The van der Waals surface area contributed by atoms with E-state index in [9.17, 15) is 5.26 Å². The molecule has 0 bridgehead atoms. The molecule has 1 aliphatic rings. The van der Waals surface area contributed by atoms with Crippen molar-refractivity contribution in [2.24, 2.45) is 0 Å². The summed E-state index contributed by atoms with van der Waals surface area (Å²) in [4.78, 5) is 4.10. The van der Waals surface area contributed by atoms with Gasteiger partial charge in [0, 0.05) is 23.2 Å². The van der Waals surface area contributed by atoms with E-state index in [0.29, 0.717) is 23.8 Å². The molecule has 1 atom stereocenters. The van der Waals surface area contributed by atoms with Crippen molar-refractivity contribution in [2.75, 3.05) is 19.0 Å². The van der Waals surface area contributed by atoms with Crippen LogP contribution in [0.4, 0.5) is 5.69 Å². The molecule has 2 heterocycles. The number of fused-ring (bicyclic) bond motifs is 2. The second kappa shape index (κ2) is 10.4. The molecule has 0 amide bonds. The largest absolute Gasteiger partial charge is 0.495 e. The summed E-state index contributed by atoms with van der Waals surface area (Å²) < 4.78 is 19.1. The summed E-state index contributed by atoms with van der Waals surface area (Å²) in [5.41, 5.74) is 5.61. The Hall–Kier alpha value is -3.61. The standard InChI is InChI=1S/C28H33N5O3Si/c1-34-28-19(15-29)8-10-21-22(28)6-5-7-24(21)31-20-9-11-25-23(14-20)27(26-16-30-17-36-26)32-33(25)18-35-12-13-37(2,3)4/h8-11,14,16-17,24,31H,5-7,12-13,18H2,1-4H3/q-1. The fourth-order valence-corrected chi connectivity index (χ4v) is 5.71. The van der Waals surface area contributed by atoms with Crippen molar-refractivity contribution < 1.29 is 13.9 Å². The van der Waals surface area contributed by atoms with E-state index in [1.165, 1.54) is 12.0 Å². The van der Waals surface area contributed by atoms with Crippen molar-refractivity contribution in [3.8, 4) is 23.3 Å². The summed E-state index contributed by atoms with van der Waals surface area (Å²) in [6, 6.07) is 13.7. The van der Waals surface area contributed by atoms with Gasteiger partial charge in [-0.15, -0.1) is 14.1 Å². The van der Waals surface area contributed by atoms with Gasteiger partial charge >= 0.3 is 0 Å². The third-order valence-corrected chi connectivity index (χ3v) is 8.59. The molecule has 0 fully saturated rings. The van der Waals surface area contributed by atoms with E-state index in [1.807, 2.05) is 10.7 Å². The van der Waals surface area contributed by atoms with E-state index >= 15 is 0 Å². The summed E-state index contributed by atoms with van der Waals surface area (Å²) in [6.45, 7) is 8.16. The van der Waals surface area contributed by atoms with Gasteiger partial charge in [-0.2, -0.15) is 30.0 Å². The maximum atomic E-state index is 9.49. The minimum absolute atomic E-state index is 0.122. The van der Waals surface area contributed by atoms with Gasteiger partial charge in [0.05, 0.1) is 30.4 Å². The molecule has 0 spiro atoms. The van der Waals surface area contributed by atoms with E-state index in [-0.39, 0.29) is 6.04 Å². The Bertz CT molecular complexity index is 1430. The average Bonchev–Trinajstić information content (AvgIpc) is 3.53. The number of aromatic nitrogens is 3. The Labute approximate surface area is 218 Å². The maximum absolute atomic E-state index is 9.49. The number of oxazole rings is 1. The van der Waals surface area contributed by atoms with Crippen LogP contribution in [0.2, 0.25) is 25.7 Å². The first-order valence-electron chi connectivity index (χ1n) is 12.7. The first-order chi connectivity index (χ1) is 17.9. The average molecular weight is 516 g/mol. The molecule has 1 N–H and O–H groups in total. The summed E-state index contributed by atoms with van der Waals surface area (Å²) in [5, 5.41) is 19.0. The molecule has 0 aliphatic heterocycles. The van der Waals surface area contributed by atoms with Crippen molar-refractivity contribution in [3.63, 3.8) is 0 Å². The zero-order valence-electron chi connectivity index (χ0n) is 21.9. The number of hydrogen-bond acceptors (Lipinski definition) is 7. The third-order valence-electron chi connectivity index (χ3n) is 6.88. The van der Waals surface area contributed by atoms with Crippen LogP contribution in [0.3, 0.4) is 0 Å². The van der Waals surface area contributed by atoms with Crippen LogP contribution in [0.1, 0.15) is 35.6 Å². The lowest BCUT2D eigenvalue weighted by Gasteiger charge is -2.29. The highest BCUT2D eigenvalue weighted by Gasteiger charge is 2.25. The van der Waals surface area contributed by atoms with E-state index in [0.717, 1.165) is 59.8 Å². The Morgan fingerprint density at radius 2 is 2.11 bits per heavy atom. The van der Waals surface area contributed by atoms with E-state index in [4.69, 9.17) is 19.0 Å². The van der Waals surface area contributed by atoms with Crippen LogP contribution in [0.15, 0.2) is 47.3 Å². The van der Waals surface area contributed by atoms with E-state index in [2.05, 4.69) is 60.3 Å². The molecule has 0 saturated carbocycles. The number of rotatable bonds is 9. The summed E-state index contributed by atoms with van der Waals surface area (Å²) in [7, 11) is 0.475. The second-order valence-corrected chi connectivity index (χ2v) is 16.3. The molecule has 0 radical (unpaired) electrons. The van der Waals surface area contributed by atoms with Crippen LogP contribution in [-0.2, 0) is 17.9 Å². The second-order valence-electron chi connectivity index (χ2n) is 10.7. The first kappa shape index (κ1) is 25.1. The Morgan fingerprint density at radius 1 is 1.24 bits per heavy atom. The van der Waals surface area contributed by atoms with Crippen LogP contribution in [-0.4, -0.2) is 36.6 Å². The number of ether oxygens (including phenoxy) is 2. The van der Waals surface area contributed by atoms with Gasteiger partial charge in [-0.05, 0) is 49.1 Å². The van der Waals surface area contributed by atoms with Gasteiger partial charge in [0.15, 0.2) is 12.2 Å². The lowest BCUT2D eigenvalue weighted by atomic mass is 9.85. The van der Waals surface area contributed by atoms with Crippen molar-refractivity contribution in [3.05, 3.63) is 59.6 Å². The van der Waals surface area contributed by atoms with Crippen LogP contribution in [0.5, 0.6) is 5.75 Å². The predicted molar refractivity (Wildman–Crippen MR) is 146 cm³/mol. The third kappa shape index (κ3) is 5.26. The molecule has 4 aromatic rings. The number of methoxy groups -OCH3 is 1. The van der Waals surface area contributed by atoms with Crippen LogP contribution in [0, 0.1) is 11.3 Å². The fraction of sp³-hybridized carbons (Fsp3) is 0.393. The quantitative estimate of drug-likeness (QED) is 0.204. The van der Waals surface area contributed by atoms with Gasteiger partial charge in [-0.1, -0.05) is 6.07 Å². The number of nitrogens with zero attached hydrogens (tertiary/aromatic N) is 4. The minimum atomic E-state index is -1.16. The van der Waals surface area contributed by atoms with E-state index < -0.39 is 8.07 Å². The number of hydrogen-bond donors (Lipinski definition) is 1. The maximum Gasteiger partial charge on any atom is 0.181 e. The smallest absolute Gasteiger partial charge is 0.181 e. The molecule has 0 saturated heterocycles. The fourth-order valence-electron chi connectivity index (χ4n) is 4.95. The molecule has 8 nitrogen and oxygen atoms in total. The number of nitrogens with one attached hydrogen (secondary N) is 1. The van der Waals surface area contributed by atoms with Crippen LogP contribution in [0.25, 0.3) is 22.4 Å². The normalized spacial score (nSPS) is 15.4. The molecule has 193 valence electrons. The van der Waals surface area contributed by atoms with Gasteiger partial charge in [-0.3, -0.25) is 0 Å². The van der Waals surface area contributed by atoms with Gasteiger partial charge in [-0.25, -0.2) is 9.67 Å². The van der Waals surface area contributed by atoms with Gasteiger partial charge in [0.25, 0.3) is 0 Å². The van der Waals surface area contributed by atoms with Crippen molar-refractivity contribution in [1.82, 2.24) is 14.8 Å². The summed E-state index contributed by atoms with van der Waals surface area (Å²) in [6.07, 6.45) is 6.04. The molecule has 1 unspecified atom stereocenters. The van der Waals surface area contributed by atoms with Gasteiger partial charge in [0.2, 0.25) is 0 Å². The number of anilines is 1. The monoisotopic (exact) mass is 515 g/mol. The first-order valence-corrected chi connectivity index (χ1v) is 16.4. The van der Waals surface area contributed by atoms with Crippen molar-refractivity contribution in [1.29, 1.82) is 5.26 Å². The molecule has 1 aliphatic carbocycles. The SMILES string of the molecule is COc1c(C#N)ccc2c1CCCC2Nc1ccc2c(c1)c(-c1cnco1)nn2COCC[Si-](C)(C)C. The molecular weight excluding hydrogens is 482 g/mol. The minimum Gasteiger partial charge on any atom is -0.495 e. The highest BCUT2D eigenvalue weighted by Crippen LogP contribution is 2.39. The predicted octanol–water partition coefficient (Wildman–Crippen LogP) is 6.37. The van der Waals surface area contributed by atoms with Crippen LogP contribution < -0.4 is 10.1 Å². The zero-order valence-corrected chi connectivity index (χ0v) is 22.9. The highest BCUT2D eigenvalue weighted by molar-refractivity contribution is 6.76. The van der Waals surface area contributed by atoms with Gasteiger partial charge in [0.1, 0.15) is 24.2 Å². The zero-order chi connectivity index (χ0) is 26.0. The lowest BCUT2D eigenvalue weighted by molar-refractivity contribution is 0.0818. The Balaban J connectivity index is 1.44. The van der Waals surface area contributed by atoms with E-state index in [1.54, 1.807) is 13.3 Å². The Kier molecular flexibility index (Phi) is 7.04. The van der Waals surface area contributed by atoms with Gasteiger partial charge < -0.3 is 19.2 Å². The van der Waals surface area contributed by atoms with Crippen molar-refractivity contribution >= 4 is 24.7 Å². The number of benzene rings is 2. The lowest BCUT2D eigenvalue weighted by Crippen LogP contribution is -2.22. The number of nitriles is 1. The molecule has 5 rings (SSSR count). The highest BCUT2D eigenvalue weighted by atomic mass is 28.3. The topological polar surface area (TPSA) is 98.1 Å². The van der Waals surface area contributed by atoms with Crippen LogP contribution >= 0.6 is 0 Å². The van der Waals surface area contributed by atoms with Crippen molar-refractivity contribution in [2.45, 2.75) is 57.7 Å². The molecule has 9 heteroatoms. The molecule has 2 aromatic carbocycles. The molecular formula is C28H33N5O3Si-. The summed E-state index contributed by atoms with van der Waals surface area (Å²) >= 11 is 0.